The van der Waals surface area contributed by atoms with Gasteiger partial charge in [-0.2, -0.15) is 0 Å². The number of likely N-dealkylation sites (N-methyl/N-ethyl adjacent to an activating group) is 1. The van der Waals surface area contributed by atoms with Crippen LogP contribution in [0.2, 0.25) is 0 Å². The quantitative estimate of drug-likeness (QED) is 0.661. The van der Waals surface area contributed by atoms with Crippen LogP contribution in [0.15, 0.2) is 22.7 Å². The molecule has 0 spiro atoms. The van der Waals surface area contributed by atoms with Gasteiger partial charge in [-0.05, 0) is 19.1 Å². The molecule has 0 saturated carbocycles. The van der Waals surface area contributed by atoms with Crippen LogP contribution in [0.3, 0.4) is 0 Å². The molecule has 0 aliphatic carbocycles. The highest BCUT2D eigenvalue weighted by molar-refractivity contribution is 9.10. The average molecular weight is 330 g/mol. The minimum absolute atomic E-state index is 0.0337. The maximum absolute atomic E-state index is 11.7. The van der Waals surface area contributed by atoms with E-state index < -0.39 is 11.0 Å². The first-order valence-corrected chi connectivity index (χ1v) is 6.49. The molecular weight excluding hydrogens is 314 g/mol. The highest BCUT2D eigenvalue weighted by Crippen LogP contribution is 2.23. The first-order valence-electron chi connectivity index (χ1n) is 5.70. The van der Waals surface area contributed by atoms with E-state index >= 15 is 0 Å². The van der Waals surface area contributed by atoms with E-state index in [1.54, 1.807) is 33.2 Å². The largest absolute Gasteiger partial charge is 0.347 e. The topological polar surface area (TPSA) is 75.5 Å². The number of halogens is 1. The Labute approximate surface area is 120 Å². The van der Waals surface area contributed by atoms with Crippen LogP contribution in [0, 0.1) is 10.1 Å². The van der Waals surface area contributed by atoms with E-state index in [-0.39, 0.29) is 18.1 Å². The van der Waals surface area contributed by atoms with Crippen molar-refractivity contribution in [3.8, 4) is 0 Å². The lowest BCUT2D eigenvalue weighted by Gasteiger charge is -2.18. The molecule has 0 radical (unpaired) electrons. The molecule has 0 aromatic heterocycles. The van der Waals surface area contributed by atoms with Gasteiger partial charge in [-0.15, -0.1) is 0 Å². The Hall–Kier alpha value is -1.47. The van der Waals surface area contributed by atoms with Gasteiger partial charge in [0.25, 0.3) is 5.69 Å². The van der Waals surface area contributed by atoms with Gasteiger partial charge in [0.1, 0.15) is 0 Å². The number of carbonyl (C=O) groups excluding carboxylic acids is 1. The summed E-state index contributed by atoms with van der Waals surface area (Å²) in [6, 6.07) is 4.47. The van der Waals surface area contributed by atoms with E-state index in [1.165, 1.54) is 11.0 Å². The highest BCUT2D eigenvalue weighted by Gasteiger charge is 2.18. The van der Waals surface area contributed by atoms with Crippen LogP contribution >= 0.6 is 15.9 Å². The fourth-order valence-electron chi connectivity index (χ4n) is 1.59. The third-order valence-electron chi connectivity index (χ3n) is 2.65. The van der Waals surface area contributed by atoms with Crippen molar-refractivity contribution in [2.24, 2.45) is 0 Å². The number of carbonyl (C=O) groups is 1. The lowest BCUT2D eigenvalue weighted by Crippen LogP contribution is -2.41. The van der Waals surface area contributed by atoms with Gasteiger partial charge in [0, 0.05) is 36.7 Å². The van der Waals surface area contributed by atoms with Gasteiger partial charge in [-0.1, -0.05) is 15.9 Å². The van der Waals surface area contributed by atoms with E-state index in [9.17, 15) is 14.9 Å². The second-order valence-corrected chi connectivity index (χ2v) is 5.28. The predicted molar refractivity (Wildman–Crippen MR) is 75.8 cm³/mol. The Morgan fingerprint density at radius 1 is 1.53 bits per heavy atom. The number of amides is 1. The molecule has 1 atom stereocenters. The summed E-state index contributed by atoms with van der Waals surface area (Å²) >= 11 is 3.20. The first-order chi connectivity index (χ1) is 8.82. The molecule has 7 heteroatoms. The Kier molecular flexibility index (Phi) is 5.44. The van der Waals surface area contributed by atoms with Crippen molar-refractivity contribution in [3.05, 3.63) is 38.3 Å². The van der Waals surface area contributed by atoms with Gasteiger partial charge in [-0.25, -0.2) is 0 Å². The van der Waals surface area contributed by atoms with Crippen LogP contribution in [0.25, 0.3) is 0 Å². The van der Waals surface area contributed by atoms with Crippen molar-refractivity contribution < 1.29 is 9.72 Å². The third kappa shape index (κ3) is 4.29. The second kappa shape index (κ2) is 6.63. The van der Waals surface area contributed by atoms with Crippen LogP contribution in [-0.4, -0.2) is 35.9 Å². The first kappa shape index (κ1) is 15.6. The number of hydrogen-bond donors (Lipinski definition) is 1. The Morgan fingerprint density at radius 3 is 2.68 bits per heavy atom. The molecule has 1 unspecified atom stereocenters. The molecule has 0 aliphatic rings. The summed E-state index contributed by atoms with van der Waals surface area (Å²) in [6.07, 6.45) is 0. The number of hydrogen-bond acceptors (Lipinski definition) is 4. The summed E-state index contributed by atoms with van der Waals surface area (Å²) < 4.78 is 0.653. The van der Waals surface area contributed by atoms with Crippen LogP contribution in [-0.2, 0) is 11.3 Å². The molecule has 0 bridgehead atoms. The van der Waals surface area contributed by atoms with Crippen LogP contribution < -0.4 is 5.32 Å². The zero-order valence-corrected chi connectivity index (χ0v) is 12.6. The van der Waals surface area contributed by atoms with Crippen molar-refractivity contribution >= 4 is 27.5 Å². The number of nitrogens with one attached hydrogen (secondary N) is 1. The lowest BCUT2D eigenvalue weighted by atomic mass is 10.1. The maximum Gasteiger partial charge on any atom is 0.275 e. The molecular formula is C12H16BrN3O3. The van der Waals surface area contributed by atoms with Gasteiger partial charge in [-0.3, -0.25) is 14.9 Å². The zero-order chi connectivity index (χ0) is 14.6. The summed E-state index contributed by atoms with van der Waals surface area (Å²) in [4.78, 5) is 23.7. The molecule has 1 amide bonds. The Morgan fingerprint density at radius 2 is 2.16 bits per heavy atom. The van der Waals surface area contributed by atoms with Gasteiger partial charge in [0.15, 0.2) is 0 Å². The van der Waals surface area contributed by atoms with Crippen molar-refractivity contribution in [2.75, 3.05) is 14.1 Å². The van der Waals surface area contributed by atoms with E-state index in [1.807, 2.05) is 0 Å². The van der Waals surface area contributed by atoms with Crippen LogP contribution in [0.5, 0.6) is 0 Å². The average Bonchev–Trinajstić information content (AvgIpc) is 2.35. The molecule has 0 heterocycles. The molecule has 19 heavy (non-hydrogen) atoms. The Bertz CT molecular complexity index is 491. The molecule has 0 saturated heterocycles. The summed E-state index contributed by atoms with van der Waals surface area (Å²) in [5.74, 6) is -0.0697. The van der Waals surface area contributed by atoms with Gasteiger partial charge >= 0.3 is 0 Å². The van der Waals surface area contributed by atoms with Crippen molar-refractivity contribution in [1.29, 1.82) is 0 Å². The minimum Gasteiger partial charge on any atom is -0.347 e. The van der Waals surface area contributed by atoms with Gasteiger partial charge in [0.05, 0.1) is 11.0 Å². The zero-order valence-electron chi connectivity index (χ0n) is 11.0. The van der Waals surface area contributed by atoms with E-state index in [0.29, 0.717) is 10.0 Å². The maximum atomic E-state index is 11.7. The fourth-order valence-corrected chi connectivity index (χ4v) is 1.94. The second-order valence-electron chi connectivity index (χ2n) is 4.37. The van der Waals surface area contributed by atoms with Gasteiger partial charge in [0.2, 0.25) is 5.91 Å². The van der Waals surface area contributed by atoms with Crippen molar-refractivity contribution in [2.45, 2.75) is 19.5 Å². The van der Waals surface area contributed by atoms with Crippen LogP contribution in [0.4, 0.5) is 5.69 Å². The molecule has 1 rings (SSSR count). The fraction of sp³-hybridized carbons (Fsp3) is 0.417. The van der Waals surface area contributed by atoms with E-state index in [4.69, 9.17) is 0 Å². The molecule has 104 valence electrons. The van der Waals surface area contributed by atoms with Crippen molar-refractivity contribution in [3.63, 3.8) is 0 Å². The molecule has 1 aromatic carbocycles. The number of benzene rings is 1. The molecule has 1 aromatic rings. The third-order valence-corrected chi connectivity index (χ3v) is 3.15. The lowest BCUT2D eigenvalue weighted by molar-refractivity contribution is -0.385. The predicted octanol–water partition coefficient (Wildman–Crippen LogP) is 1.92. The van der Waals surface area contributed by atoms with E-state index in [2.05, 4.69) is 21.2 Å². The SMILES string of the molecule is CC(NCc1ccc(Br)cc1[N+](=O)[O-])C(=O)N(C)C. The Balaban J connectivity index is 2.78. The normalized spacial score (nSPS) is 12.0. The monoisotopic (exact) mass is 329 g/mol. The highest BCUT2D eigenvalue weighted by atomic mass is 79.9. The minimum atomic E-state index is -0.430. The molecule has 6 nitrogen and oxygen atoms in total. The number of nitro benzene ring substituents is 1. The summed E-state index contributed by atoms with van der Waals surface area (Å²) in [5.41, 5.74) is 0.581. The summed E-state index contributed by atoms with van der Waals surface area (Å²) in [5, 5.41) is 13.9. The van der Waals surface area contributed by atoms with Crippen molar-refractivity contribution in [1.82, 2.24) is 10.2 Å². The molecule has 0 fully saturated rings. The molecule has 0 aliphatic heterocycles. The number of nitro groups is 1. The molecule has 1 N–H and O–H groups in total. The standard InChI is InChI=1S/C12H16BrN3O3/c1-8(12(17)15(2)3)14-7-9-4-5-10(13)6-11(9)16(18)19/h4-6,8,14H,7H2,1-3H3. The number of rotatable bonds is 5. The summed E-state index contributed by atoms with van der Waals surface area (Å²) in [6.45, 7) is 2.00. The van der Waals surface area contributed by atoms with Gasteiger partial charge < -0.3 is 10.2 Å². The summed E-state index contributed by atoms with van der Waals surface area (Å²) in [7, 11) is 3.34. The van der Waals surface area contributed by atoms with Crippen LogP contribution in [0.1, 0.15) is 12.5 Å². The van der Waals surface area contributed by atoms with E-state index in [0.717, 1.165) is 0 Å². The number of nitrogens with zero attached hydrogens (tertiary/aromatic N) is 2. The smallest absolute Gasteiger partial charge is 0.275 e.